The predicted molar refractivity (Wildman–Crippen MR) is 86.0 cm³/mol. The maximum absolute atomic E-state index is 6.01. The first-order valence-corrected chi connectivity index (χ1v) is 7.17. The molecular formula is C18H23NO2. The largest absolute Gasteiger partial charge is 0.497 e. The summed E-state index contributed by atoms with van der Waals surface area (Å²) in [5.74, 6) is 1.66. The maximum atomic E-state index is 6.01. The predicted octanol–water partition coefficient (Wildman–Crippen LogP) is 3.86. The topological polar surface area (TPSA) is 30.5 Å². The molecule has 0 heterocycles. The summed E-state index contributed by atoms with van der Waals surface area (Å²) in [6.45, 7) is 4.75. The van der Waals surface area contributed by atoms with Crippen molar-refractivity contribution in [2.24, 2.45) is 0 Å². The van der Waals surface area contributed by atoms with Crippen LogP contribution in [0.3, 0.4) is 0 Å². The third-order valence-corrected chi connectivity index (χ3v) is 3.64. The Bertz CT molecular complexity index is 578. The fourth-order valence-corrected chi connectivity index (χ4v) is 2.13. The highest BCUT2D eigenvalue weighted by Crippen LogP contribution is 2.30. The van der Waals surface area contributed by atoms with Gasteiger partial charge >= 0.3 is 0 Å². The fourth-order valence-electron chi connectivity index (χ4n) is 2.13. The molecule has 3 heteroatoms. The van der Waals surface area contributed by atoms with Gasteiger partial charge in [-0.05, 0) is 32.5 Å². The first kappa shape index (κ1) is 15.4. The van der Waals surface area contributed by atoms with Crippen LogP contribution in [0.2, 0.25) is 0 Å². The Hall–Kier alpha value is -2.00. The smallest absolute Gasteiger partial charge is 0.128 e. The lowest BCUT2D eigenvalue weighted by Crippen LogP contribution is -2.13. The van der Waals surface area contributed by atoms with Gasteiger partial charge in [0.25, 0.3) is 0 Å². The molecule has 0 aliphatic rings. The minimum atomic E-state index is 0.226. The zero-order valence-electron chi connectivity index (χ0n) is 13.1. The van der Waals surface area contributed by atoms with Gasteiger partial charge in [-0.2, -0.15) is 0 Å². The molecule has 1 atom stereocenters. The van der Waals surface area contributed by atoms with Crippen LogP contribution in [0.15, 0.2) is 42.5 Å². The van der Waals surface area contributed by atoms with Crippen molar-refractivity contribution < 1.29 is 9.47 Å². The van der Waals surface area contributed by atoms with E-state index in [2.05, 4.69) is 43.4 Å². The van der Waals surface area contributed by atoms with E-state index in [1.807, 2.05) is 25.2 Å². The van der Waals surface area contributed by atoms with Crippen LogP contribution in [0, 0.1) is 6.92 Å². The molecule has 0 bridgehead atoms. The lowest BCUT2D eigenvalue weighted by Gasteiger charge is -2.17. The Morgan fingerprint density at radius 1 is 1.10 bits per heavy atom. The first-order valence-electron chi connectivity index (χ1n) is 7.17. The molecule has 0 aliphatic heterocycles. The first-order chi connectivity index (χ1) is 10.1. The van der Waals surface area contributed by atoms with E-state index in [0.29, 0.717) is 6.61 Å². The Morgan fingerprint density at radius 3 is 2.43 bits per heavy atom. The molecule has 0 fully saturated rings. The van der Waals surface area contributed by atoms with Crippen molar-refractivity contribution in [2.75, 3.05) is 14.2 Å². The van der Waals surface area contributed by atoms with Gasteiger partial charge in [-0.15, -0.1) is 0 Å². The van der Waals surface area contributed by atoms with Crippen molar-refractivity contribution in [3.05, 3.63) is 59.2 Å². The van der Waals surface area contributed by atoms with Crippen molar-refractivity contribution in [1.82, 2.24) is 5.32 Å². The SMILES string of the molecule is CNC(C)c1ccc(OC)cc1OCc1ccc(C)cc1. The molecule has 0 spiro atoms. The molecule has 21 heavy (non-hydrogen) atoms. The number of hydrogen-bond donors (Lipinski definition) is 1. The summed E-state index contributed by atoms with van der Waals surface area (Å²) < 4.78 is 11.3. The Morgan fingerprint density at radius 2 is 1.81 bits per heavy atom. The molecule has 0 saturated heterocycles. The maximum Gasteiger partial charge on any atom is 0.128 e. The third kappa shape index (κ3) is 3.99. The van der Waals surface area contributed by atoms with E-state index < -0.39 is 0 Å². The highest BCUT2D eigenvalue weighted by molar-refractivity contribution is 5.42. The molecule has 0 aromatic heterocycles. The second-order valence-electron chi connectivity index (χ2n) is 5.19. The van der Waals surface area contributed by atoms with Gasteiger partial charge in [-0.3, -0.25) is 0 Å². The minimum absolute atomic E-state index is 0.226. The average molecular weight is 285 g/mol. The molecule has 2 aromatic rings. The highest BCUT2D eigenvalue weighted by Gasteiger charge is 2.11. The molecule has 0 aliphatic carbocycles. The molecule has 2 rings (SSSR count). The number of rotatable bonds is 6. The van der Waals surface area contributed by atoms with Gasteiger partial charge < -0.3 is 14.8 Å². The van der Waals surface area contributed by atoms with Crippen molar-refractivity contribution in [3.8, 4) is 11.5 Å². The van der Waals surface area contributed by atoms with E-state index >= 15 is 0 Å². The van der Waals surface area contributed by atoms with Crippen LogP contribution < -0.4 is 14.8 Å². The standard InChI is InChI=1S/C18H23NO2/c1-13-5-7-15(8-6-13)12-21-18-11-16(20-4)9-10-17(18)14(2)19-3/h5-11,14,19H,12H2,1-4H3. The van der Waals surface area contributed by atoms with Crippen LogP contribution in [0.1, 0.15) is 29.7 Å². The zero-order chi connectivity index (χ0) is 15.2. The van der Waals surface area contributed by atoms with Gasteiger partial charge in [0.05, 0.1) is 7.11 Å². The van der Waals surface area contributed by atoms with Gasteiger partial charge in [-0.1, -0.05) is 35.9 Å². The lowest BCUT2D eigenvalue weighted by molar-refractivity contribution is 0.297. The molecule has 0 amide bonds. The van der Waals surface area contributed by atoms with Gasteiger partial charge in [0.1, 0.15) is 18.1 Å². The number of methoxy groups -OCH3 is 1. The molecule has 2 aromatic carbocycles. The van der Waals surface area contributed by atoms with Crippen LogP contribution in [0.25, 0.3) is 0 Å². The minimum Gasteiger partial charge on any atom is -0.497 e. The summed E-state index contributed by atoms with van der Waals surface area (Å²) >= 11 is 0. The number of hydrogen-bond acceptors (Lipinski definition) is 3. The second kappa shape index (κ2) is 7.14. The lowest BCUT2D eigenvalue weighted by atomic mass is 10.1. The van der Waals surface area contributed by atoms with E-state index in [-0.39, 0.29) is 6.04 Å². The van der Waals surface area contributed by atoms with Crippen LogP contribution >= 0.6 is 0 Å². The fraction of sp³-hybridized carbons (Fsp3) is 0.333. The molecule has 1 unspecified atom stereocenters. The molecule has 0 saturated carbocycles. The van der Waals surface area contributed by atoms with E-state index in [0.717, 1.165) is 22.6 Å². The van der Waals surface area contributed by atoms with Crippen LogP contribution in [-0.2, 0) is 6.61 Å². The van der Waals surface area contributed by atoms with E-state index in [1.54, 1.807) is 7.11 Å². The summed E-state index contributed by atoms with van der Waals surface area (Å²) in [6, 6.07) is 14.6. The summed E-state index contributed by atoms with van der Waals surface area (Å²) in [5.41, 5.74) is 3.54. The average Bonchev–Trinajstić information content (AvgIpc) is 2.53. The summed E-state index contributed by atoms with van der Waals surface area (Å²) in [5, 5.41) is 3.24. The number of benzene rings is 2. The summed E-state index contributed by atoms with van der Waals surface area (Å²) in [7, 11) is 3.61. The quantitative estimate of drug-likeness (QED) is 0.874. The van der Waals surface area contributed by atoms with Crippen molar-refractivity contribution >= 4 is 0 Å². The van der Waals surface area contributed by atoms with Crippen LogP contribution in [0.4, 0.5) is 0 Å². The number of nitrogens with one attached hydrogen (secondary N) is 1. The van der Waals surface area contributed by atoms with Gasteiger partial charge in [0.2, 0.25) is 0 Å². The van der Waals surface area contributed by atoms with Gasteiger partial charge in [0.15, 0.2) is 0 Å². The molecule has 1 N–H and O–H groups in total. The zero-order valence-corrected chi connectivity index (χ0v) is 13.1. The molecule has 0 radical (unpaired) electrons. The summed E-state index contributed by atoms with van der Waals surface area (Å²) in [4.78, 5) is 0. The van der Waals surface area contributed by atoms with Crippen LogP contribution in [0.5, 0.6) is 11.5 Å². The Labute approximate surface area is 126 Å². The number of aryl methyl sites for hydroxylation is 1. The van der Waals surface area contributed by atoms with Crippen molar-refractivity contribution in [1.29, 1.82) is 0 Å². The second-order valence-corrected chi connectivity index (χ2v) is 5.19. The molecule has 112 valence electrons. The van der Waals surface area contributed by atoms with Gasteiger partial charge in [0, 0.05) is 17.7 Å². The third-order valence-electron chi connectivity index (χ3n) is 3.64. The monoisotopic (exact) mass is 285 g/mol. The van der Waals surface area contributed by atoms with E-state index in [1.165, 1.54) is 5.56 Å². The van der Waals surface area contributed by atoms with Crippen molar-refractivity contribution in [2.45, 2.75) is 26.5 Å². The van der Waals surface area contributed by atoms with Gasteiger partial charge in [-0.25, -0.2) is 0 Å². The molecule has 3 nitrogen and oxygen atoms in total. The molecular weight excluding hydrogens is 262 g/mol. The highest BCUT2D eigenvalue weighted by atomic mass is 16.5. The van der Waals surface area contributed by atoms with Crippen molar-refractivity contribution in [3.63, 3.8) is 0 Å². The number of ether oxygens (including phenoxy) is 2. The summed E-state index contributed by atoms with van der Waals surface area (Å²) in [6.07, 6.45) is 0. The van der Waals surface area contributed by atoms with E-state index in [9.17, 15) is 0 Å². The Balaban J connectivity index is 2.18. The van der Waals surface area contributed by atoms with Crippen LogP contribution in [-0.4, -0.2) is 14.2 Å². The Kier molecular flexibility index (Phi) is 5.23. The van der Waals surface area contributed by atoms with E-state index in [4.69, 9.17) is 9.47 Å². The normalized spacial score (nSPS) is 12.0.